The van der Waals surface area contributed by atoms with Crippen molar-refractivity contribution in [2.45, 2.75) is 33.7 Å². The van der Waals surface area contributed by atoms with E-state index in [-0.39, 0.29) is 5.56 Å². The van der Waals surface area contributed by atoms with Crippen molar-refractivity contribution in [1.82, 2.24) is 14.5 Å². The SMILES string of the molecule is CCC#Cc1cc2cnc(Nc3ccc(C)cn3)cc2n(CC)c1=O. The van der Waals surface area contributed by atoms with Crippen molar-refractivity contribution in [3.05, 3.63) is 58.1 Å². The fourth-order valence-corrected chi connectivity index (χ4v) is 2.60. The second kappa shape index (κ2) is 7.18. The van der Waals surface area contributed by atoms with Crippen LogP contribution in [0.2, 0.25) is 0 Å². The third kappa shape index (κ3) is 3.53. The summed E-state index contributed by atoms with van der Waals surface area (Å²) in [6.45, 7) is 6.48. The Hall–Kier alpha value is -3.13. The maximum atomic E-state index is 12.6. The summed E-state index contributed by atoms with van der Waals surface area (Å²) in [7, 11) is 0. The summed E-state index contributed by atoms with van der Waals surface area (Å²) in [5.74, 6) is 7.28. The van der Waals surface area contributed by atoms with E-state index in [4.69, 9.17) is 0 Å². The molecule has 3 aromatic rings. The fourth-order valence-electron chi connectivity index (χ4n) is 2.60. The van der Waals surface area contributed by atoms with Crippen LogP contribution in [-0.2, 0) is 6.54 Å². The highest BCUT2D eigenvalue weighted by atomic mass is 16.1. The number of anilines is 2. The average molecular weight is 332 g/mol. The number of hydrogen-bond donors (Lipinski definition) is 1. The third-order valence-corrected chi connectivity index (χ3v) is 3.86. The van der Waals surface area contributed by atoms with Gasteiger partial charge in [0.15, 0.2) is 0 Å². The first-order valence-electron chi connectivity index (χ1n) is 8.34. The van der Waals surface area contributed by atoms with Crippen LogP contribution in [0.25, 0.3) is 10.9 Å². The number of pyridine rings is 3. The van der Waals surface area contributed by atoms with Crippen LogP contribution < -0.4 is 10.9 Å². The van der Waals surface area contributed by atoms with Gasteiger partial charge in [0.05, 0.1) is 11.1 Å². The van der Waals surface area contributed by atoms with Gasteiger partial charge >= 0.3 is 0 Å². The second-order valence-corrected chi connectivity index (χ2v) is 5.74. The summed E-state index contributed by atoms with van der Waals surface area (Å²) in [6.07, 6.45) is 4.27. The Kier molecular flexibility index (Phi) is 4.80. The van der Waals surface area contributed by atoms with Gasteiger partial charge in [0.1, 0.15) is 11.6 Å². The molecule has 126 valence electrons. The van der Waals surface area contributed by atoms with Crippen LogP contribution in [-0.4, -0.2) is 14.5 Å². The molecule has 3 aromatic heterocycles. The molecule has 0 aromatic carbocycles. The van der Waals surface area contributed by atoms with E-state index in [1.807, 2.05) is 45.0 Å². The van der Waals surface area contributed by atoms with Gasteiger partial charge in [0.2, 0.25) is 0 Å². The molecule has 0 amide bonds. The number of nitrogens with one attached hydrogen (secondary N) is 1. The van der Waals surface area contributed by atoms with E-state index in [0.717, 1.165) is 16.5 Å². The van der Waals surface area contributed by atoms with E-state index >= 15 is 0 Å². The summed E-state index contributed by atoms with van der Waals surface area (Å²) in [5.41, 5.74) is 2.37. The molecule has 0 bridgehead atoms. The molecule has 3 heterocycles. The van der Waals surface area contributed by atoms with Crippen molar-refractivity contribution in [3.63, 3.8) is 0 Å². The Labute approximate surface area is 146 Å². The highest BCUT2D eigenvalue weighted by molar-refractivity contribution is 5.82. The standard InChI is InChI=1S/C20H20N4O/c1-4-6-7-15-10-16-13-22-19(11-17(16)24(5-2)20(15)25)23-18-9-8-14(3)12-21-18/h8-13H,4-5H2,1-3H3,(H,21,22,23). The normalized spacial score (nSPS) is 10.4. The molecule has 25 heavy (non-hydrogen) atoms. The zero-order chi connectivity index (χ0) is 17.8. The molecule has 0 fully saturated rings. The molecule has 0 aliphatic carbocycles. The van der Waals surface area contributed by atoms with E-state index in [1.54, 1.807) is 17.0 Å². The van der Waals surface area contributed by atoms with Gasteiger partial charge < -0.3 is 9.88 Å². The van der Waals surface area contributed by atoms with Crippen molar-refractivity contribution in [2.75, 3.05) is 5.32 Å². The lowest BCUT2D eigenvalue weighted by Crippen LogP contribution is -2.22. The summed E-state index contributed by atoms with van der Waals surface area (Å²) < 4.78 is 1.73. The first kappa shape index (κ1) is 16.7. The van der Waals surface area contributed by atoms with E-state index < -0.39 is 0 Å². The summed E-state index contributed by atoms with van der Waals surface area (Å²) in [4.78, 5) is 21.4. The topological polar surface area (TPSA) is 59.8 Å². The minimum atomic E-state index is -0.0680. The minimum absolute atomic E-state index is 0.0680. The van der Waals surface area contributed by atoms with Crippen molar-refractivity contribution in [1.29, 1.82) is 0 Å². The number of fused-ring (bicyclic) bond motifs is 1. The van der Waals surface area contributed by atoms with Gasteiger partial charge in [-0.2, -0.15) is 0 Å². The molecule has 1 N–H and O–H groups in total. The number of aryl methyl sites for hydroxylation is 2. The average Bonchev–Trinajstić information content (AvgIpc) is 2.62. The largest absolute Gasteiger partial charge is 0.325 e. The smallest absolute Gasteiger partial charge is 0.266 e. The van der Waals surface area contributed by atoms with Gasteiger partial charge in [-0.05, 0) is 31.5 Å². The monoisotopic (exact) mass is 332 g/mol. The summed E-state index contributed by atoms with van der Waals surface area (Å²) in [6, 6.07) is 7.57. The summed E-state index contributed by atoms with van der Waals surface area (Å²) in [5, 5.41) is 4.07. The Morgan fingerprint density at radius 1 is 1.12 bits per heavy atom. The Morgan fingerprint density at radius 3 is 2.60 bits per heavy atom. The maximum Gasteiger partial charge on any atom is 0.266 e. The van der Waals surface area contributed by atoms with Crippen LogP contribution in [0.1, 0.15) is 31.4 Å². The molecule has 0 radical (unpaired) electrons. The molecule has 5 nitrogen and oxygen atoms in total. The maximum absolute atomic E-state index is 12.6. The van der Waals surface area contributed by atoms with Crippen LogP contribution in [0.5, 0.6) is 0 Å². The van der Waals surface area contributed by atoms with Gasteiger partial charge in [0.25, 0.3) is 5.56 Å². The molecule has 0 atom stereocenters. The zero-order valence-electron chi connectivity index (χ0n) is 14.6. The van der Waals surface area contributed by atoms with E-state index in [2.05, 4.69) is 27.1 Å². The van der Waals surface area contributed by atoms with Crippen molar-refractivity contribution in [3.8, 4) is 11.8 Å². The lowest BCUT2D eigenvalue weighted by atomic mass is 10.2. The van der Waals surface area contributed by atoms with Crippen molar-refractivity contribution >= 4 is 22.5 Å². The van der Waals surface area contributed by atoms with Crippen molar-refractivity contribution < 1.29 is 0 Å². The number of rotatable bonds is 3. The quantitative estimate of drug-likeness (QED) is 0.744. The van der Waals surface area contributed by atoms with E-state index in [1.165, 1.54) is 0 Å². The second-order valence-electron chi connectivity index (χ2n) is 5.74. The summed E-state index contributed by atoms with van der Waals surface area (Å²) >= 11 is 0. The Balaban J connectivity index is 2.07. The lowest BCUT2D eigenvalue weighted by Gasteiger charge is -2.11. The lowest BCUT2D eigenvalue weighted by molar-refractivity contribution is 0.757. The number of nitrogens with zero attached hydrogens (tertiary/aromatic N) is 3. The number of aromatic nitrogens is 3. The van der Waals surface area contributed by atoms with Crippen LogP contribution in [0.4, 0.5) is 11.6 Å². The molecule has 0 aliphatic heterocycles. The number of hydrogen-bond acceptors (Lipinski definition) is 4. The molecule has 0 saturated carbocycles. The highest BCUT2D eigenvalue weighted by Gasteiger charge is 2.09. The molecule has 0 unspecified atom stereocenters. The third-order valence-electron chi connectivity index (χ3n) is 3.86. The first-order valence-corrected chi connectivity index (χ1v) is 8.34. The Bertz CT molecular complexity index is 1020. The van der Waals surface area contributed by atoms with Gasteiger partial charge in [-0.15, -0.1) is 0 Å². The molecule has 0 saturated heterocycles. The highest BCUT2D eigenvalue weighted by Crippen LogP contribution is 2.19. The van der Waals surface area contributed by atoms with Crippen molar-refractivity contribution in [2.24, 2.45) is 0 Å². The molecular weight excluding hydrogens is 312 g/mol. The van der Waals surface area contributed by atoms with E-state index in [0.29, 0.717) is 30.2 Å². The molecule has 5 heteroatoms. The first-order chi connectivity index (χ1) is 12.1. The van der Waals surface area contributed by atoms with Gasteiger partial charge in [-0.25, -0.2) is 9.97 Å². The predicted molar refractivity (Wildman–Crippen MR) is 101 cm³/mol. The Morgan fingerprint density at radius 2 is 1.92 bits per heavy atom. The molecule has 3 rings (SSSR count). The molecule has 0 aliphatic rings. The molecule has 0 spiro atoms. The van der Waals surface area contributed by atoms with Gasteiger partial charge in [-0.3, -0.25) is 4.79 Å². The fraction of sp³-hybridized carbons (Fsp3) is 0.250. The zero-order valence-corrected chi connectivity index (χ0v) is 14.6. The van der Waals surface area contributed by atoms with Crippen LogP contribution in [0, 0.1) is 18.8 Å². The van der Waals surface area contributed by atoms with E-state index in [9.17, 15) is 4.79 Å². The predicted octanol–water partition coefficient (Wildman–Crippen LogP) is 3.62. The molecular formula is C20H20N4O. The van der Waals surface area contributed by atoms with Gasteiger partial charge in [-0.1, -0.05) is 24.8 Å². The van der Waals surface area contributed by atoms with Crippen LogP contribution in [0.15, 0.2) is 41.5 Å². The minimum Gasteiger partial charge on any atom is -0.325 e. The van der Waals surface area contributed by atoms with Gasteiger partial charge in [0, 0.05) is 36.8 Å². The van der Waals surface area contributed by atoms with Crippen LogP contribution in [0.3, 0.4) is 0 Å². The van der Waals surface area contributed by atoms with Crippen LogP contribution >= 0.6 is 0 Å².